The Hall–Kier alpha value is -3.29. The zero-order valence-electron chi connectivity index (χ0n) is 19.0. The van der Waals surface area contributed by atoms with E-state index >= 15 is 0 Å². The number of aromatic amines is 1. The Morgan fingerprint density at radius 2 is 1.91 bits per heavy atom. The van der Waals surface area contributed by atoms with Crippen LogP contribution in [-0.2, 0) is 11.3 Å². The Bertz CT molecular complexity index is 1120. The summed E-state index contributed by atoms with van der Waals surface area (Å²) in [5, 5.41) is 0. The van der Waals surface area contributed by atoms with Crippen molar-refractivity contribution in [1.29, 1.82) is 0 Å². The Kier molecular flexibility index (Phi) is 7.65. The molecule has 3 heterocycles. The molecule has 0 radical (unpaired) electrons. The van der Waals surface area contributed by atoms with Gasteiger partial charge in [0.2, 0.25) is 0 Å². The smallest absolute Gasteiger partial charge is 0.261 e. The highest BCUT2D eigenvalue weighted by atomic mass is 16.5. The van der Waals surface area contributed by atoms with Gasteiger partial charge in [-0.3, -0.25) is 19.5 Å². The first kappa shape index (κ1) is 22.9. The van der Waals surface area contributed by atoms with Gasteiger partial charge in [0.1, 0.15) is 5.56 Å². The number of aromatic nitrogens is 2. The van der Waals surface area contributed by atoms with Crippen molar-refractivity contribution in [3.05, 3.63) is 88.0 Å². The number of hydrogen-bond donors (Lipinski definition) is 1. The molecule has 7 heteroatoms. The minimum Gasteiger partial charge on any atom is -0.379 e. The summed E-state index contributed by atoms with van der Waals surface area (Å²) in [6.45, 7) is 7.24. The lowest BCUT2D eigenvalue weighted by Crippen LogP contribution is -2.39. The number of amides is 1. The molecule has 0 aliphatic carbocycles. The minimum atomic E-state index is -0.369. The van der Waals surface area contributed by atoms with Crippen LogP contribution >= 0.6 is 0 Å². The monoisotopic (exact) mass is 446 g/mol. The molecule has 0 saturated carbocycles. The molecule has 33 heavy (non-hydrogen) atoms. The van der Waals surface area contributed by atoms with Crippen LogP contribution in [0.1, 0.15) is 27.9 Å². The first-order chi connectivity index (χ1) is 16.1. The Morgan fingerprint density at radius 1 is 1.12 bits per heavy atom. The maximum absolute atomic E-state index is 13.4. The quantitative estimate of drug-likeness (QED) is 0.575. The molecule has 1 saturated heterocycles. The van der Waals surface area contributed by atoms with Gasteiger partial charge in [0.25, 0.3) is 11.5 Å². The minimum absolute atomic E-state index is 0.159. The third-order valence-corrected chi connectivity index (χ3v) is 5.89. The molecule has 0 atom stereocenters. The topological polar surface area (TPSA) is 78.5 Å². The molecule has 2 aromatic heterocycles. The zero-order valence-corrected chi connectivity index (χ0v) is 19.0. The highest BCUT2D eigenvalue weighted by Crippen LogP contribution is 2.18. The van der Waals surface area contributed by atoms with E-state index < -0.39 is 0 Å². The fourth-order valence-corrected chi connectivity index (χ4v) is 4.06. The van der Waals surface area contributed by atoms with Gasteiger partial charge in [-0.2, -0.15) is 0 Å². The summed E-state index contributed by atoms with van der Waals surface area (Å²) in [6, 6.07) is 15.2. The number of nitrogens with one attached hydrogen (secondary N) is 1. The number of rotatable bonds is 8. The van der Waals surface area contributed by atoms with Gasteiger partial charge >= 0.3 is 0 Å². The number of pyridine rings is 2. The van der Waals surface area contributed by atoms with Crippen LogP contribution in [0.3, 0.4) is 0 Å². The van der Waals surface area contributed by atoms with Gasteiger partial charge < -0.3 is 14.6 Å². The predicted molar refractivity (Wildman–Crippen MR) is 128 cm³/mol. The number of carbonyl (C=O) groups is 1. The molecule has 1 fully saturated rings. The molecular formula is C26H30N4O3. The average Bonchev–Trinajstić information content (AvgIpc) is 2.84. The van der Waals surface area contributed by atoms with E-state index in [9.17, 15) is 9.59 Å². The standard InChI is InChI=1S/C26H30N4O3/c1-20-4-2-5-22(18-20)24-7-6-23(25(31)28-24)26(32)30(19-21-8-10-27-11-9-21)13-3-12-29-14-16-33-17-15-29/h2,4-11,18H,3,12-17,19H2,1H3,(H,28,31). The Labute approximate surface area is 194 Å². The number of H-pyrrole nitrogens is 1. The summed E-state index contributed by atoms with van der Waals surface area (Å²) in [4.78, 5) is 37.4. The van der Waals surface area contributed by atoms with Gasteiger partial charge in [-0.25, -0.2) is 0 Å². The molecule has 7 nitrogen and oxygen atoms in total. The second-order valence-corrected chi connectivity index (χ2v) is 8.37. The predicted octanol–water partition coefficient (Wildman–Crippen LogP) is 3.11. The number of nitrogens with zero attached hydrogens (tertiary/aromatic N) is 3. The SMILES string of the molecule is Cc1cccc(-c2ccc(C(=O)N(CCCN3CCOCC3)Cc3ccncc3)c(=O)[nH]2)c1. The summed E-state index contributed by atoms with van der Waals surface area (Å²) >= 11 is 0. The number of aryl methyl sites for hydroxylation is 1. The Morgan fingerprint density at radius 3 is 2.64 bits per heavy atom. The molecule has 172 valence electrons. The van der Waals surface area contributed by atoms with Gasteiger partial charge in [-0.15, -0.1) is 0 Å². The van der Waals surface area contributed by atoms with Crippen molar-refractivity contribution in [2.24, 2.45) is 0 Å². The lowest BCUT2D eigenvalue weighted by molar-refractivity contribution is 0.0355. The lowest BCUT2D eigenvalue weighted by atomic mass is 10.1. The molecule has 3 aromatic rings. The average molecular weight is 447 g/mol. The molecule has 4 rings (SSSR count). The van der Waals surface area contributed by atoms with Gasteiger partial charge in [-0.05, 0) is 54.8 Å². The molecular weight excluding hydrogens is 416 g/mol. The normalized spacial score (nSPS) is 14.2. The van der Waals surface area contributed by atoms with E-state index in [4.69, 9.17) is 4.74 Å². The first-order valence-electron chi connectivity index (χ1n) is 11.4. The van der Waals surface area contributed by atoms with Gasteiger partial charge in [0.15, 0.2) is 0 Å². The number of morpholine rings is 1. The lowest BCUT2D eigenvalue weighted by Gasteiger charge is -2.28. The largest absolute Gasteiger partial charge is 0.379 e. The van der Waals surface area contributed by atoms with Crippen molar-refractivity contribution in [1.82, 2.24) is 19.8 Å². The van der Waals surface area contributed by atoms with Gasteiger partial charge in [0, 0.05) is 50.8 Å². The van der Waals surface area contributed by atoms with Crippen LogP contribution in [0.5, 0.6) is 0 Å². The maximum Gasteiger partial charge on any atom is 0.261 e. The summed E-state index contributed by atoms with van der Waals surface area (Å²) in [5.41, 5.74) is 3.51. The van der Waals surface area contributed by atoms with Gasteiger partial charge in [0.05, 0.1) is 13.2 Å². The molecule has 0 spiro atoms. The van der Waals surface area contributed by atoms with Crippen LogP contribution in [0.2, 0.25) is 0 Å². The molecule has 1 aromatic carbocycles. The van der Waals surface area contributed by atoms with Crippen molar-refractivity contribution in [3.8, 4) is 11.3 Å². The van der Waals surface area contributed by atoms with Crippen LogP contribution in [0.15, 0.2) is 65.7 Å². The number of carbonyl (C=O) groups excluding carboxylic acids is 1. The van der Waals surface area contributed by atoms with Crippen molar-refractivity contribution >= 4 is 5.91 Å². The van der Waals surface area contributed by atoms with Gasteiger partial charge in [-0.1, -0.05) is 23.8 Å². The van der Waals surface area contributed by atoms with E-state index in [1.165, 1.54) is 0 Å². The summed E-state index contributed by atoms with van der Waals surface area (Å²) in [5.74, 6) is -0.258. The summed E-state index contributed by atoms with van der Waals surface area (Å²) < 4.78 is 5.41. The highest BCUT2D eigenvalue weighted by molar-refractivity contribution is 5.94. The summed E-state index contributed by atoms with van der Waals surface area (Å²) in [6.07, 6.45) is 4.26. The summed E-state index contributed by atoms with van der Waals surface area (Å²) in [7, 11) is 0. The number of hydrogen-bond acceptors (Lipinski definition) is 5. The fourth-order valence-electron chi connectivity index (χ4n) is 4.06. The fraction of sp³-hybridized carbons (Fsp3) is 0.346. The van der Waals surface area contributed by atoms with E-state index in [1.54, 1.807) is 23.4 Å². The molecule has 1 amide bonds. The third-order valence-electron chi connectivity index (χ3n) is 5.89. The molecule has 0 bridgehead atoms. The first-order valence-corrected chi connectivity index (χ1v) is 11.4. The zero-order chi connectivity index (χ0) is 23.0. The highest BCUT2D eigenvalue weighted by Gasteiger charge is 2.20. The van der Waals surface area contributed by atoms with Crippen molar-refractivity contribution in [3.63, 3.8) is 0 Å². The second-order valence-electron chi connectivity index (χ2n) is 8.37. The van der Waals surface area contributed by atoms with Crippen LogP contribution in [0.4, 0.5) is 0 Å². The van der Waals surface area contributed by atoms with E-state index in [0.717, 1.165) is 56.0 Å². The maximum atomic E-state index is 13.4. The molecule has 1 N–H and O–H groups in total. The van der Waals surface area contributed by atoms with Crippen LogP contribution in [0, 0.1) is 6.92 Å². The van der Waals surface area contributed by atoms with Crippen LogP contribution in [0.25, 0.3) is 11.3 Å². The second kappa shape index (κ2) is 11.0. The molecule has 1 aliphatic rings. The number of benzene rings is 1. The van der Waals surface area contributed by atoms with Crippen LogP contribution in [-0.4, -0.2) is 65.1 Å². The van der Waals surface area contributed by atoms with Crippen molar-refractivity contribution in [2.45, 2.75) is 19.9 Å². The van der Waals surface area contributed by atoms with Crippen LogP contribution < -0.4 is 5.56 Å². The van der Waals surface area contributed by atoms with E-state index in [-0.39, 0.29) is 17.0 Å². The van der Waals surface area contributed by atoms with E-state index in [0.29, 0.717) is 18.8 Å². The van der Waals surface area contributed by atoms with E-state index in [1.807, 2.05) is 49.4 Å². The van der Waals surface area contributed by atoms with Crippen molar-refractivity contribution < 1.29 is 9.53 Å². The Balaban J connectivity index is 1.51. The molecule has 1 aliphatic heterocycles. The van der Waals surface area contributed by atoms with E-state index in [2.05, 4.69) is 14.9 Å². The van der Waals surface area contributed by atoms with Crippen molar-refractivity contribution in [2.75, 3.05) is 39.4 Å². The third kappa shape index (κ3) is 6.15. The molecule has 0 unspecified atom stereocenters. The number of ether oxygens (including phenoxy) is 1.